The van der Waals surface area contributed by atoms with E-state index in [-0.39, 0.29) is 29.4 Å². The maximum absolute atomic E-state index is 9.55. The van der Waals surface area contributed by atoms with Crippen LogP contribution in [-0.4, -0.2) is 16.2 Å². The third-order valence-corrected chi connectivity index (χ3v) is 13.6. The quantitative estimate of drug-likeness (QED) is 0.137. The van der Waals surface area contributed by atoms with E-state index < -0.39 is 6.85 Å². The van der Waals surface area contributed by atoms with Gasteiger partial charge in [0.25, 0.3) is 0 Å². The number of anilines is 4. The van der Waals surface area contributed by atoms with Crippen molar-refractivity contribution in [3.05, 3.63) is 266 Å². The lowest BCUT2D eigenvalue weighted by Gasteiger charge is -2.27. The zero-order valence-electron chi connectivity index (χ0n) is 45.0. The van der Waals surface area contributed by atoms with E-state index in [1.807, 2.05) is 155 Å². The smallest absolute Gasteiger partial charge is 0.137 e. The molecule has 0 bridgehead atoms. The van der Waals surface area contributed by atoms with Crippen LogP contribution in [0.4, 0.5) is 22.7 Å². The molecule has 342 valence electrons. The van der Waals surface area contributed by atoms with Gasteiger partial charge in [0, 0.05) is 61.2 Å². The van der Waals surface area contributed by atoms with Crippen LogP contribution in [0, 0.1) is 6.85 Å². The Bertz CT molecular complexity index is 4170. The largest absolute Gasteiger partial charge is 0.457 e. The summed E-state index contributed by atoms with van der Waals surface area (Å²) in [5, 5.41) is 1.78. The first-order chi connectivity index (χ1) is 38.1. The van der Waals surface area contributed by atoms with Gasteiger partial charge in [-0.1, -0.05) is 194 Å². The molecule has 5 heteroatoms. The Labute approximate surface area is 428 Å². The standard InChI is InChI=1S/C67H48N4O/c1-46-39-66(68-44-60(46)51-29-15-6-16-30-51)71-61-38-37-52(47-21-7-2-8-22-47)40-58(61)59-42-57(50-27-13-5-14-28-50)65(43-64(59)71)72-54-32-19-31-53(41-54)69-45-70(63-36-18-17-35-62(63)69)67-55(48-23-9-3-10-24-48)33-20-34-56(67)49-25-11-4-12-26-49/h2-44H,45H2,1H3/i1D3,19D,31D,32D. The van der Waals surface area contributed by atoms with E-state index in [4.69, 9.17) is 13.8 Å². The van der Waals surface area contributed by atoms with E-state index in [0.717, 1.165) is 83.4 Å². The normalized spacial score (nSPS) is 13.5. The number of aryl methyl sites for hydroxylation is 1. The zero-order chi connectivity index (χ0) is 53.1. The molecule has 0 aliphatic carbocycles. The summed E-state index contributed by atoms with van der Waals surface area (Å²) in [5.41, 5.74) is 13.9. The molecular weight excluding hydrogens is 877 g/mol. The molecule has 0 amide bonds. The third kappa shape index (κ3) is 7.65. The van der Waals surface area contributed by atoms with Gasteiger partial charge < -0.3 is 14.5 Å². The lowest BCUT2D eigenvalue weighted by atomic mass is 9.95. The monoisotopic (exact) mass is 930 g/mol. The predicted octanol–water partition coefficient (Wildman–Crippen LogP) is 17.9. The first-order valence-electron chi connectivity index (χ1n) is 27.0. The SMILES string of the molecule is [2H]c1c(Oc2cc3c(cc2-c2ccccc2)c2cc(-c4ccccc4)ccc2n3-c2cc(C([2H])([2H])[2H])c(-c3ccccc3)cn2)cc(N2CN(c3c(-c4ccccc4)cccc3-c3ccccc3)c3ccccc32)c([2H])c1[2H]. The van der Waals surface area contributed by atoms with Crippen LogP contribution in [0.3, 0.4) is 0 Å². The van der Waals surface area contributed by atoms with Crippen molar-refractivity contribution >= 4 is 44.6 Å². The van der Waals surface area contributed by atoms with E-state index in [9.17, 15) is 4.11 Å². The highest BCUT2D eigenvalue weighted by Gasteiger charge is 2.31. The summed E-state index contributed by atoms with van der Waals surface area (Å²) in [4.78, 5) is 9.33. The lowest BCUT2D eigenvalue weighted by Crippen LogP contribution is -2.24. The molecule has 12 aromatic rings. The third-order valence-electron chi connectivity index (χ3n) is 13.6. The highest BCUT2D eigenvalue weighted by molar-refractivity contribution is 6.12. The summed E-state index contributed by atoms with van der Waals surface area (Å²) in [7, 11) is 0. The predicted molar refractivity (Wildman–Crippen MR) is 299 cm³/mol. The Morgan fingerprint density at radius 1 is 0.458 bits per heavy atom. The summed E-state index contributed by atoms with van der Waals surface area (Å²) in [6.07, 6.45) is 1.64. The van der Waals surface area contributed by atoms with E-state index >= 15 is 0 Å². The average molecular weight is 931 g/mol. The van der Waals surface area contributed by atoms with Gasteiger partial charge in [-0.2, -0.15) is 0 Å². The molecule has 10 aromatic carbocycles. The number of hydrogen-bond donors (Lipinski definition) is 0. The van der Waals surface area contributed by atoms with Crippen molar-refractivity contribution < 1.29 is 13.0 Å². The molecule has 0 saturated heterocycles. The van der Waals surface area contributed by atoms with Gasteiger partial charge in [0.1, 0.15) is 24.0 Å². The van der Waals surface area contributed by atoms with E-state index in [1.54, 1.807) is 18.3 Å². The molecule has 0 fully saturated rings. The van der Waals surface area contributed by atoms with Gasteiger partial charge in [-0.15, -0.1) is 0 Å². The first kappa shape index (κ1) is 36.5. The minimum Gasteiger partial charge on any atom is -0.457 e. The van der Waals surface area contributed by atoms with Crippen molar-refractivity contribution in [2.24, 2.45) is 0 Å². The molecule has 0 spiro atoms. The van der Waals surface area contributed by atoms with Crippen molar-refractivity contribution in [1.29, 1.82) is 0 Å². The highest BCUT2D eigenvalue weighted by atomic mass is 16.5. The van der Waals surface area contributed by atoms with Gasteiger partial charge >= 0.3 is 0 Å². The minimum atomic E-state index is -2.47. The number of nitrogens with zero attached hydrogens (tertiary/aromatic N) is 4. The number of benzene rings is 10. The molecule has 3 heterocycles. The second-order valence-corrected chi connectivity index (χ2v) is 17.9. The van der Waals surface area contributed by atoms with Gasteiger partial charge in [0.2, 0.25) is 0 Å². The molecule has 1 aliphatic rings. The summed E-state index contributed by atoms with van der Waals surface area (Å²) in [6, 6.07) is 77.8. The molecule has 0 atom stereocenters. The molecule has 5 nitrogen and oxygen atoms in total. The number of pyridine rings is 1. The van der Waals surface area contributed by atoms with Crippen LogP contribution in [-0.2, 0) is 0 Å². The summed E-state index contributed by atoms with van der Waals surface area (Å²) in [6.45, 7) is -2.18. The van der Waals surface area contributed by atoms with Gasteiger partial charge in [0.15, 0.2) is 0 Å². The van der Waals surface area contributed by atoms with Crippen LogP contribution in [0.15, 0.2) is 261 Å². The molecule has 0 radical (unpaired) electrons. The van der Waals surface area contributed by atoms with Crippen LogP contribution in [0.1, 0.15) is 13.8 Å². The summed E-state index contributed by atoms with van der Waals surface area (Å²) in [5.74, 6) is 0.892. The van der Waals surface area contributed by atoms with Crippen molar-refractivity contribution in [3.63, 3.8) is 0 Å². The molecule has 72 heavy (non-hydrogen) atoms. The van der Waals surface area contributed by atoms with Gasteiger partial charge in [-0.05, 0) is 94.3 Å². The lowest BCUT2D eigenvalue weighted by molar-refractivity contribution is 0.485. The van der Waals surface area contributed by atoms with E-state index in [1.165, 1.54) is 0 Å². The number of ether oxygens (including phenoxy) is 1. The molecule has 0 saturated carbocycles. The van der Waals surface area contributed by atoms with E-state index in [0.29, 0.717) is 35.0 Å². The molecule has 13 rings (SSSR count). The van der Waals surface area contributed by atoms with Gasteiger partial charge in [-0.3, -0.25) is 4.57 Å². The van der Waals surface area contributed by atoms with Crippen LogP contribution < -0.4 is 14.5 Å². The van der Waals surface area contributed by atoms with Crippen molar-refractivity contribution in [2.45, 2.75) is 6.85 Å². The van der Waals surface area contributed by atoms with Crippen LogP contribution in [0.2, 0.25) is 0 Å². The van der Waals surface area contributed by atoms with Crippen LogP contribution >= 0.6 is 0 Å². The highest BCUT2D eigenvalue weighted by Crippen LogP contribution is 2.51. The van der Waals surface area contributed by atoms with E-state index in [2.05, 4.69) is 83.8 Å². The Hall–Kier alpha value is -9.45. The molecule has 0 N–H and O–H groups in total. The number of hydrogen-bond acceptors (Lipinski definition) is 4. The van der Waals surface area contributed by atoms with Crippen molar-refractivity contribution in [3.8, 4) is 73.0 Å². The number of para-hydroxylation sites is 3. The number of fused-ring (bicyclic) bond motifs is 4. The second kappa shape index (κ2) is 18.1. The zero-order valence-corrected chi connectivity index (χ0v) is 39.0. The van der Waals surface area contributed by atoms with Crippen LogP contribution in [0.5, 0.6) is 11.5 Å². The van der Waals surface area contributed by atoms with Crippen molar-refractivity contribution in [2.75, 3.05) is 16.5 Å². The maximum atomic E-state index is 9.55. The topological polar surface area (TPSA) is 33.5 Å². The summed E-state index contributed by atoms with van der Waals surface area (Å²) < 4.78 is 63.7. The van der Waals surface area contributed by atoms with Crippen LogP contribution in [0.25, 0.3) is 83.3 Å². The molecule has 2 aromatic heterocycles. The first-order valence-corrected chi connectivity index (χ1v) is 24.0. The molecule has 0 unspecified atom stereocenters. The Balaban J connectivity index is 0.995. The average Bonchev–Trinajstić information content (AvgIpc) is 4.26. The van der Waals surface area contributed by atoms with Gasteiger partial charge in [0.05, 0.1) is 32.2 Å². The Morgan fingerprint density at radius 3 is 1.64 bits per heavy atom. The molecular formula is C67H48N4O. The van der Waals surface area contributed by atoms with Crippen molar-refractivity contribution in [1.82, 2.24) is 9.55 Å². The fourth-order valence-electron chi connectivity index (χ4n) is 10.3. The Morgan fingerprint density at radius 2 is 1.01 bits per heavy atom. The fraction of sp³-hybridized carbons (Fsp3) is 0.0299. The minimum absolute atomic E-state index is 0.0946. The number of rotatable bonds is 10. The fourth-order valence-corrected chi connectivity index (χ4v) is 10.3. The number of aromatic nitrogens is 2. The maximum Gasteiger partial charge on any atom is 0.137 e. The molecule has 1 aliphatic heterocycles. The Kier molecular flexibility index (Phi) is 9.20. The summed E-state index contributed by atoms with van der Waals surface area (Å²) >= 11 is 0. The second-order valence-electron chi connectivity index (χ2n) is 17.9. The van der Waals surface area contributed by atoms with Gasteiger partial charge in [-0.25, -0.2) is 4.98 Å².